The third-order valence-electron chi connectivity index (χ3n) is 4.74. The first-order valence-corrected chi connectivity index (χ1v) is 9.47. The summed E-state index contributed by atoms with van der Waals surface area (Å²) in [5, 5.41) is 1.18. The van der Waals surface area contributed by atoms with Crippen LogP contribution in [0.3, 0.4) is 0 Å². The van der Waals surface area contributed by atoms with Crippen molar-refractivity contribution in [2.75, 3.05) is 14.2 Å². The zero-order valence-corrected chi connectivity index (χ0v) is 16.8. The Morgan fingerprint density at radius 1 is 1.11 bits per heavy atom. The number of aromatic amines is 1. The summed E-state index contributed by atoms with van der Waals surface area (Å²) < 4.78 is 14.1. The molecule has 4 aromatic rings. The number of halogens is 1. The van der Waals surface area contributed by atoms with Crippen molar-refractivity contribution in [3.05, 3.63) is 65.2 Å². The fraction of sp³-hybridized carbons (Fsp3) is 0.190. The average molecular weight is 426 g/mol. The van der Waals surface area contributed by atoms with E-state index in [0.717, 1.165) is 51.3 Å². The summed E-state index contributed by atoms with van der Waals surface area (Å²) in [5.74, 6) is 1.70. The summed E-state index contributed by atoms with van der Waals surface area (Å²) in [5.41, 5.74) is 4.44. The minimum Gasteiger partial charge on any atom is -0.497 e. The molecular weight excluding hydrogens is 406 g/mol. The number of ether oxygens (including phenoxy) is 2. The highest BCUT2D eigenvalue weighted by atomic mass is 79.9. The predicted molar refractivity (Wildman–Crippen MR) is 110 cm³/mol. The maximum Gasteiger partial charge on any atom is 0.122 e. The van der Waals surface area contributed by atoms with Crippen LogP contribution in [0.1, 0.15) is 5.56 Å². The molecule has 0 unspecified atom stereocenters. The molecule has 6 heteroatoms. The zero-order valence-electron chi connectivity index (χ0n) is 15.2. The van der Waals surface area contributed by atoms with Crippen LogP contribution < -0.4 is 9.47 Å². The lowest BCUT2D eigenvalue weighted by atomic mass is 10.1. The lowest BCUT2D eigenvalue weighted by molar-refractivity contribution is 0.397. The maximum absolute atomic E-state index is 5.50. The quantitative estimate of drug-likeness (QED) is 0.469. The molecule has 5 nitrogen and oxygen atoms in total. The summed E-state index contributed by atoms with van der Waals surface area (Å²) in [6.45, 7) is 0.794. The van der Waals surface area contributed by atoms with Crippen molar-refractivity contribution in [1.82, 2.24) is 14.5 Å². The molecule has 0 radical (unpaired) electrons. The molecule has 0 saturated heterocycles. The molecular formula is C21H20BrN3O2. The van der Waals surface area contributed by atoms with Gasteiger partial charge >= 0.3 is 0 Å². The van der Waals surface area contributed by atoms with Gasteiger partial charge in [-0.1, -0.05) is 22.0 Å². The van der Waals surface area contributed by atoms with E-state index in [2.05, 4.69) is 48.7 Å². The molecule has 2 aromatic heterocycles. The number of fused-ring (bicyclic) bond motifs is 1. The molecule has 0 saturated carbocycles. The third-order valence-corrected chi connectivity index (χ3v) is 5.23. The highest BCUT2D eigenvalue weighted by molar-refractivity contribution is 9.10. The predicted octanol–water partition coefficient (Wildman–Crippen LogP) is 5.05. The van der Waals surface area contributed by atoms with Crippen molar-refractivity contribution in [3.63, 3.8) is 0 Å². The fourth-order valence-electron chi connectivity index (χ4n) is 3.35. The van der Waals surface area contributed by atoms with Gasteiger partial charge in [-0.2, -0.15) is 0 Å². The third kappa shape index (κ3) is 3.45. The number of imidazole rings is 1. The summed E-state index contributed by atoms with van der Waals surface area (Å²) in [7, 11) is 3.37. The van der Waals surface area contributed by atoms with Crippen molar-refractivity contribution < 1.29 is 9.47 Å². The normalized spacial score (nSPS) is 11.1. The standard InChI is InChI=1S/C21H20BrN3O2/c1-26-16-4-6-21(27-2)14(9-16)7-8-25-13-23-12-20(25)18-11-24-19-10-15(22)3-5-17(18)19/h3-6,9-13,24H,7-8H2,1-2H3. The van der Waals surface area contributed by atoms with Gasteiger partial charge in [-0.25, -0.2) is 4.98 Å². The van der Waals surface area contributed by atoms with Crippen LogP contribution in [-0.4, -0.2) is 28.8 Å². The van der Waals surface area contributed by atoms with Gasteiger partial charge in [0, 0.05) is 33.7 Å². The van der Waals surface area contributed by atoms with Crippen molar-refractivity contribution in [3.8, 4) is 22.8 Å². The summed E-state index contributed by atoms with van der Waals surface area (Å²) in [6.07, 6.45) is 6.64. The first-order valence-electron chi connectivity index (χ1n) is 8.67. The Morgan fingerprint density at radius 2 is 2.00 bits per heavy atom. The van der Waals surface area contributed by atoms with Crippen LogP contribution in [0, 0.1) is 0 Å². The van der Waals surface area contributed by atoms with E-state index in [0.29, 0.717) is 0 Å². The number of aryl methyl sites for hydroxylation is 2. The van der Waals surface area contributed by atoms with E-state index < -0.39 is 0 Å². The van der Waals surface area contributed by atoms with E-state index in [9.17, 15) is 0 Å². The number of nitrogens with one attached hydrogen (secondary N) is 1. The van der Waals surface area contributed by atoms with Gasteiger partial charge < -0.3 is 19.0 Å². The van der Waals surface area contributed by atoms with Crippen molar-refractivity contribution in [2.45, 2.75) is 13.0 Å². The van der Waals surface area contributed by atoms with Crippen LogP contribution >= 0.6 is 15.9 Å². The van der Waals surface area contributed by atoms with Gasteiger partial charge in [0.2, 0.25) is 0 Å². The number of H-pyrrole nitrogens is 1. The van der Waals surface area contributed by atoms with Gasteiger partial charge in [0.15, 0.2) is 0 Å². The maximum atomic E-state index is 5.50. The smallest absolute Gasteiger partial charge is 0.122 e. The molecule has 0 aliphatic rings. The molecule has 0 atom stereocenters. The number of rotatable bonds is 6. The fourth-order valence-corrected chi connectivity index (χ4v) is 3.71. The summed E-state index contributed by atoms with van der Waals surface area (Å²) in [4.78, 5) is 7.72. The molecule has 2 aromatic carbocycles. The molecule has 2 heterocycles. The summed E-state index contributed by atoms with van der Waals surface area (Å²) in [6, 6.07) is 12.1. The van der Waals surface area contributed by atoms with E-state index in [1.54, 1.807) is 14.2 Å². The van der Waals surface area contributed by atoms with E-state index in [4.69, 9.17) is 9.47 Å². The first kappa shape index (κ1) is 17.7. The van der Waals surface area contributed by atoms with E-state index >= 15 is 0 Å². The Balaban J connectivity index is 1.63. The van der Waals surface area contributed by atoms with Gasteiger partial charge in [0.05, 0.1) is 32.4 Å². The Bertz CT molecular complexity index is 1080. The molecule has 1 N–H and O–H groups in total. The van der Waals surface area contributed by atoms with E-state index in [-0.39, 0.29) is 0 Å². The molecule has 0 aliphatic heterocycles. The van der Waals surface area contributed by atoms with Crippen molar-refractivity contribution >= 4 is 26.8 Å². The average Bonchev–Trinajstić information content (AvgIpc) is 3.31. The molecule has 0 bridgehead atoms. The zero-order chi connectivity index (χ0) is 18.8. The molecule has 0 fully saturated rings. The van der Waals surface area contributed by atoms with Crippen LogP contribution in [0.15, 0.2) is 59.6 Å². The monoisotopic (exact) mass is 425 g/mol. The number of nitrogens with zero attached hydrogens (tertiary/aromatic N) is 2. The first-order chi connectivity index (χ1) is 13.2. The molecule has 138 valence electrons. The van der Waals surface area contributed by atoms with Crippen LogP contribution in [0.4, 0.5) is 0 Å². The van der Waals surface area contributed by atoms with Crippen LogP contribution in [0.25, 0.3) is 22.2 Å². The second-order valence-corrected chi connectivity index (χ2v) is 7.21. The lowest BCUT2D eigenvalue weighted by Crippen LogP contribution is -2.03. The van der Waals surface area contributed by atoms with Crippen molar-refractivity contribution in [1.29, 1.82) is 0 Å². The number of aromatic nitrogens is 3. The Labute approximate surface area is 166 Å². The lowest BCUT2D eigenvalue weighted by Gasteiger charge is -2.12. The SMILES string of the molecule is COc1ccc(OC)c(CCn2cncc2-c2c[nH]c3cc(Br)ccc23)c1. The largest absolute Gasteiger partial charge is 0.497 e. The van der Waals surface area contributed by atoms with Gasteiger partial charge in [-0.05, 0) is 42.3 Å². The van der Waals surface area contributed by atoms with Crippen molar-refractivity contribution in [2.24, 2.45) is 0 Å². The molecule has 27 heavy (non-hydrogen) atoms. The molecule has 0 aliphatic carbocycles. The van der Waals surface area contributed by atoms with Crippen LogP contribution in [-0.2, 0) is 13.0 Å². The molecule has 0 spiro atoms. The highest BCUT2D eigenvalue weighted by Gasteiger charge is 2.12. The van der Waals surface area contributed by atoms with Gasteiger partial charge in [0.25, 0.3) is 0 Å². The molecule has 0 amide bonds. The Kier molecular flexibility index (Phi) is 4.90. The van der Waals surface area contributed by atoms with Crippen LogP contribution in [0.5, 0.6) is 11.5 Å². The summed E-state index contributed by atoms with van der Waals surface area (Å²) >= 11 is 3.52. The number of hydrogen-bond donors (Lipinski definition) is 1. The second kappa shape index (κ2) is 7.48. The van der Waals surface area contributed by atoms with E-state index in [1.807, 2.05) is 36.9 Å². The number of methoxy groups -OCH3 is 2. The van der Waals surface area contributed by atoms with Gasteiger partial charge in [0.1, 0.15) is 11.5 Å². The second-order valence-electron chi connectivity index (χ2n) is 6.29. The minimum absolute atomic E-state index is 0.794. The highest BCUT2D eigenvalue weighted by Crippen LogP contribution is 2.31. The minimum atomic E-state index is 0.794. The number of hydrogen-bond acceptors (Lipinski definition) is 3. The Hall–Kier alpha value is -2.73. The van der Waals surface area contributed by atoms with Gasteiger partial charge in [-0.3, -0.25) is 0 Å². The Morgan fingerprint density at radius 3 is 2.81 bits per heavy atom. The van der Waals surface area contributed by atoms with Gasteiger partial charge in [-0.15, -0.1) is 0 Å². The molecule has 4 rings (SSSR count). The number of benzene rings is 2. The van der Waals surface area contributed by atoms with Crippen LogP contribution in [0.2, 0.25) is 0 Å². The topological polar surface area (TPSA) is 52.1 Å². The van der Waals surface area contributed by atoms with E-state index in [1.165, 1.54) is 5.39 Å².